The summed E-state index contributed by atoms with van der Waals surface area (Å²) in [5.74, 6) is -0.986. The molecule has 3 N–H and O–H groups in total. The summed E-state index contributed by atoms with van der Waals surface area (Å²) < 4.78 is 9.77. The van der Waals surface area contributed by atoms with Crippen molar-refractivity contribution in [2.24, 2.45) is 5.73 Å². The Balaban J connectivity index is 2.56. The Hall–Kier alpha value is -2.15. The summed E-state index contributed by atoms with van der Waals surface area (Å²) in [4.78, 5) is 23.0. The van der Waals surface area contributed by atoms with Crippen molar-refractivity contribution in [3.05, 3.63) is 29.8 Å². The van der Waals surface area contributed by atoms with Crippen LogP contribution in [-0.4, -0.2) is 29.3 Å². The molecule has 0 aliphatic rings. The van der Waals surface area contributed by atoms with Gasteiger partial charge in [0.05, 0.1) is 5.56 Å². The topological polar surface area (TPSA) is 90.6 Å². The van der Waals surface area contributed by atoms with E-state index in [1.54, 1.807) is 45.0 Å². The van der Waals surface area contributed by atoms with E-state index in [0.29, 0.717) is 11.3 Å². The third-order valence-corrected chi connectivity index (χ3v) is 2.25. The fourth-order valence-electron chi connectivity index (χ4n) is 1.38. The number of nitrogens with one attached hydrogen (secondary N) is 1. The Labute approximate surface area is 128 Å². The van der Waals surface area contributed by atoms with E-state index < -0.39 is 17.5 Å². The van der Waals surface area contributed by atoms with Crippen molar-refractivity contribution < 1.29 is 19.1 Å². The van der Waals surface area contributed by atoms with E-state index in [2.05, 4.69) is 22.3 Å². The van der Waals surface area contributed by atoms with E-state index in [-0.39, 0.29) is 11.7 Å². The number of carbonyl (C=O) groups excluding carboxylic acids is 2. The van der Waals surface area contributed by atoms with Gasteiger partial charge in [0.25, 0.3) is 5.17 Å². The van der Waals surface area contributed by atoms with Gasteiger partial charge in [-0.1, -0.05) is 0 Å². The predicted molar refractivity (Wildman–Crippen MR) is 83.0 cm³/mol. The first-order valence-electron chi connectivity index (χ1n) is 6.25. The lowest BCUT2D eigenvalue weighted by Crippen LogP contribution is -2.24. The van der Waals surface area contributed by atoms with Crippen molar-refractivity contribution in [1.82, 2.24) is 0 Å². The molecule has 0 bridgehead atoms. The fraction of sp³-hybridized carbons (Fsp3) is 0.357. The lowest BCUT2D eigenvalue weighted by atomic mass is 10.1. The number of rotatable bonds is 4. The maximum absolute atomic E-state index is 11.8. The molecule has 0 heterocycles. The number of benzene rings is 1. The van der Waals surface area contributed by atoms with Crippen molar-refractivity contribution in [2.45, 2.75) is 26.4 Å². The van der Waals surface area contributed by atoms with Crippen LogP contribution in [-0.2, 0) is 14.3 Å². The quantitative estimate of drug-likeness (QED) is 0.647. The van der Waals surface area contributed by atoms with Gasteiger partial charge in [-0.05, 0) is 57.3 Å². The molecule has 1 aromatic rings. The monoisotopic (exact) mass is 310 g/mol. The van der Waals surface area contributed by atoms with Crippen LogP contribution in [0.3, 0.4) is 0 Å². The van der Waals surface area contributed by atoms with Crippen molar-refractivity contribution in [1.29, 1.82) is 0 Å². The highest BCUT2D eigenvalue weighted by atomic mass is 32.1. The standard InChI is InChI=1S/C14H18N2O4S/c1-14(2,3)20-12(18)9-4-6-10(7-5-9)16-8-11(17)19-13(15)21/h4-7,16H,8H2,1-3H3,(H2,15,21). The van der Waals surface area contributed by atoms with Crippen molar-refractivity contribution in [3.63, 3.8) is 0 Å². The molecule has 0 atom stereocenters. The molecule has 0 radical (unpaired) electrons. The largest absolute Gasteiger partial charge is 0.456 e. The van der Waals surface area contributed by atoms with Gasteiger partial charge in [0, 0.05) is 5.69 Å². The number of esters is 2. The van der Waals surface area contributed by atoms with E-state index in [1.807, 2.05) is 0 Å². The summed E-state index contributed by atoms with van der Waals surface area (Å²) in [5, 5.41) is 2.50. The summed E-state index contributed by atoms with van der Waals surface area (Å²) in [6, 6.07) is 6.53. The molecule has 0 aliphatic heterocycles. The summed E-state index contributed by atoms with van der Waals surface area (Å²) in [7, 11) is 0. The normalized spacial score (nSPS) is 10.6. The van der Waals surface area contributed by atoms with Crippen molar-refractivity contribution >= 4 is 35.0 Å². The van der Waals surface area contributed by atoms with Gasteiger partial charge in [-0.2, -0.15) is 0 Å². The zero-order valence-electron chi connectivity index (χ0n) is 12.1. The Morgan fingerprint density at radius 1 is 1.24 bits per heavy atom. The van der Waals surface area contributed by atoms with Gasteiger partial charge in [0.15, 0.2) is 0 Å². The van der Waals surface area contributed by atoms with E-state index in [4.69, 9.17) is 10.5 Å². The van der Waals surface area contributed by atoms with E-state index in [9.17, 15) is 9.59 Å². The number of carbonyl (C=O) groups is 2. The Morgan fingerprint density at radius 3 is 2.29 bits per heavy atom. The number of anilines is 1. The number of hydrogen-bond donors (Lipinski definition) is 2. The van der Waals surface area contributed by atoms with Crippen molar-refractivity contribution in [2.75, 3.05) is 11.9 Å². The molecule has 0 fully saturated rings. The van der Waals surface area contributed by atoms with Gasteiger partial charge in [-0.3, -0.25) is 0 Å². The molecule has 114 valence electrons. The van der Waals surface area contributed by atoms with Crippen LogP contribution in [0.2, 0.25) is 0 Å². The number of thiocarbonyl (C=S) groups is 1. The van der Waals surface area contributed by atoms with Crippen LogP contribution >= 0.6 is 12.2 Å². The van der Waals surface area contributed by atoms with Gasteiger partial charge in [-0.15, -0.1) is 0 Å². The third-order valence-electron chi connectivity index (χ3n) is 2.17. The Kier molecular flexibility index (Phi) is 5.66. The van der Waals surface area contributed by atoms with Crippen LogP contribution in [0.15, 0.2) is 24.3 Å². The summed E-state index contributed by atoms with van der Waals surface area (Å²) in [6.45, 7) is 5.32. The minimum absolute atomic E-state index is 0.0802. The van der Waals surface area contributed by atoms with Crippen LogP contribution in [0.5, 0.6) is 0 Å². The SMILES string of the molecule is CC(C)(C)OC(=O)c1ccc(NCC(=O)OC(N)=S)cc1. The van der Waals surface area contributed by atoms with Crippen LogP contribution in [0.25, 0.3) is 0 Å². The van der Waals surface area contributed by atoms with E-state index in [0.717, 1.165) is 0 Å². The highest BCUT2D eigenvalue weighted by Crippen LogP contribution is 2.14. The first-order chi connectivity index (χ1) is 9.67. The predicted octanol–water partition coefficient (Wildman–Crippen LogP) is 1.84. The van der Waals surface area contributed by atoms with Gasteiger partial charge >= 0.3 is 11.9 Å². The first kappa shape index (κ1) is 16.9. The zero-order valence-corrected chi connectivity index (χ0v) is 13.0. The average Bonchev–Trinajstić information content (AvgIpc) is 2.34. The summed E-state index contributed by atoms with van der Waals surface area (Å²) in [6.07, 6.45) is 0. The van der Waals surface area contributed by atoms with Crippen LogP contribution in [0.4, 0.5) is 5.69 Å². The molecule has 0 saturated heterocycles. The minimum atomic E-state index is -0.585. The second kappa shape index (κ2) is 7.03. The fourth-order valence-corrected chi connectivity index (χ4v) is 1.48. The molecular weight excluding hydrogens is 292 g/mol. The number of nitrogens with two attached hydrogens (primary N) is 1. The van der Waals surface area contributed by atoms with Gasteiger partial charge < -0.3 is 20.5 Å². The zero-order chi connectivity index (χ0) is 16.0. The Morgan fingerprint density at radius 2 is 1.81 bits per heavy atom. The third kappa shape index (κ3) is 6.71. The molecule has 0 aliphatic carbocycles. The van der Waals surface area contributed by atoms with Crippen molar-refractivity contribution in [3.8, 4) is 0 Å². The molecule has 0 aromatic heterocycles. The smallest absolute Gasteiger partial charge is 0.338 e. The van der Waals surface area contributed by atoms with E-state index in [1.165, 1.54) is 0 Å². The van der Waals surface area contributed by atoms with E-state index >= 15 is 0 Å². The molecule has 1 rings (SSSR count). The molecule has 0 unspecified atom stereocenters. The van der Waals surface area contributed by atoms with Crippen LogP contribution in [0, 0.1) is 0 Å². The highest BCUT2D eigenvalue weighted by Gasteiger charge is 2.17. The first-order valence-corrected chi connectivity index (χ1v) is 6.65. The number of hydrogen-bond acceptors (Lipinski definition) is 6. The lowest BCUT2D eigenvalue weighted by Gasteiger charge is -2.19. The van der Waals surface area contributed by atoms with Gasteiger partial charge in [0.1, 0.15) is 12.1 Å². The second-order valence-corrected chi connectivity index (χ2v) is 5.63. The lowest BCUT2D eigenvalue weighted by molar-refractivity contribution is -0.133. The maximum atomic E-state index is 11.8. The Bertz CT molecular complexity index is 535. The number of ether oxygens (including phenoxy) is 2. The van der Waals surface area contributed by atoms with Crippen LogP contribution < -0.4 is 11.1 Å². The molecule has 0 spiro atoms. The molecule has 1 aromatic carbocycles. The molecule has 6 nitrogen and oxygen atoms in total. The molecule has 0 saturated carbocycles. The second-order valence-electron chi connectivity index (χ2n) is 5.23. The van der Waals surface area contributed by atoms with Crippen LogP contribution in [0.1, 0.15) is 31.1 Å². The summed E-state index contributed by atoms with van der Waals surface area (Å²) in [5.41, 5.74) is 5.62. The van der Waals surface area contributed by atoms with Gasteiger partial charge in [-0.25, -0.2) is 9.59 Å². The molecule has 0 amide bonds. The minimum Gasteiger partial charge on any atom is -0.456 e. The maximum Gasteiger partial charge on any atom is 0.338 e. The van der Waals surface area contributed by atoms with Gasteiger partial charge in [0.2, 0.25) is 0 Å². The molecule has 21 heavy (non-hydrogen) atoms. The summed E-state index contributed by atoms with van der Waals surface area (Å²) >= 11 is 4.45. The average molecular weight is 310 g/mol. The molecule has 7 heteroatoms. The highest BCUT2D eigenvalue weighted by molar-refractivity contribution is 7.80. The molecular formula is C14H18N2O4S.